The number of hydroxylamine groups is 2. The maximum atomic E-state index is 13.5. The first kappa shape index (κ1) is 69.8. The Morgan fingerprint density at radius 2 is 1.16 bits per heavy atom. The van der Waals surface area contributed by atoms with E-state index in [9.17, 15) is 31.2 Å². The lowest BCUT2D eigenvalue weighted by Gasteiger charge is -2.22. The number of nitrogens with two attached hydrogens (primary N) is 1. The highest BCUT2D eigenvalue weighted by Gasteiger charge is 2.28. The number of aliphatic imine (C=N–C) groups is 1. The number of hydrazine groups is 2. The highest BCUT2D eigenvalue weighted by Crippen LogP contribution is 2.30. The Balaban J connectivity index is 0.819. The molecule has 0 aliphatic carbocycles. The molecule has 0 aromatic heterocycles. The number of sulfonamides is 1. The molecule has 0 unspecified atom stereocenters. The number of benzene rings is 2. The number of nitrogens with zero attached hydrogens (tertiary/aromatic N) is 5. The Morgan fingerprint density at radius 3 is 1.65 bits per heavy atom. The van der Waals surface area contributed by atoms with Gasteiger partial charge in [-0.25, -0.2) is 46.5 Å². The van der Waals surface area contributed by atoms with Gasteiger partial charge in [-0.05, 0) is 48.9 Å². The van der Waals surface area contributed by atoms with Gasteiger partial charge in [0.05, 0.1) is 155 Å². The van der Waals surface area contributed by atoms with Gasteiger partial charge in [-0.15, -0.1) is 10.6 Å². The van der Waals surface area contributed by atoms with Crippen molar-refractivity contribution in [3.05, 3.63) is 53.6 Å². The molecule has 0 saturated carbocycles. The van der Waals surface area contributed by atoms with Gasteiger partial charge < -0.3 is 73.2 Å². The second kappa shape index (κ2) is 40.6. The van der Waals surface area contributed by atoms with Crippen LogP contribution >= 0.6 is 0 Å². The maximum Gasteiger partial charge on any atom is 0.407 e. The van der Waals surface area contributed by atoms with Crippen LogP contribution in [0.25, 0.3) is 6.08 Å². The van der Waals surface area contributed by atoms with Gasteiger partial charge in [0.25, 0.3) is 17.0 Å². The Labute approximate surface area is 485 Å². The Kier molecular flexibility index (Phi) is 34.1. The lowest BCUT2D eigenvalue weighted by atomic mass is 10.1. The van der Waals surface area contributed by atoms with E-state index in [0.29, 0.717) is 167 Å². The molecule has 2 heterocycles. The lowest BCUT2D eigenvalue weighted by molar-refractivity contribution is -0.181. The number of alkyl carbamates (subject to hydrolysis) is 1. The quantitative estimate of drug-likeness (QED) is 0.0434. The van der Waals surface area contributed by atoms with Crippen molar-refractivity contribution in [1.29, 1.82) is 0 Å². The molecule has 2 aliphatic heterocycles. The number of anilines is 1. The fourth-order valence-corrected chi connectivity index (χ4v) is 8.52. The van der Waals surface area contributed by atoms with Crippen LogP contribution in [0.4, 0.5) is 16.2 Å². The molecular weight excluding hydrogens is 1140 g/mol. The molecule has 0 saturated heterocycles. The number of hydrogen-bond acceptors (Lipinski definition) is 26. The molecular formula is C51H82N10O20S2. The van der Waals surface area contributed by atoms with Crippen LogP contribution in [0.2, 0.25) is 0 Å². The SMILES string of the molecule is CCCN(OCCNC(=O)OCCOCCOCCOCCOCCOCCOCCOCCOCCOCCOCCNC(=O)COc1ccc(N2NNN=C2S(C)(=O)=O)cc1)C(=O)C1=Cc2ccc(S(=O)(=O)N(C)C)cc2N=C(N)C1. The van der Waals surface area contributed by atoms with Crippen molar-refractivity contribution in [2.45, 2.75) is 24.7 Å². The lowest BCUT2D eigenvalue weighted by Crippen LogP contribution is -2.43. The molecule has 6 N–H and O–H groups in total. The largest absolute Gasteiger partial charge is 0.484 e. The zero-order valence-corrected chi connectivity index (χ0v) is 49.3. The maximum absolute atomic E-state index is 13.5. The molecule has 2 aromatic rings. The summed E-state index contributed by atoms with van der Waals surface area (Å²) >= 11 is 0. The van der Waals surface area contributed by atoms with Crippen LogP contribution in [0.1, 0.15) is 25.3 Å². The normalized spacial score (nSPS) is 13.4. The second-order valence-electron chi connectivity index (χ2n) is 17.7. The van der Waals surface area contributed by atoms with E-state index in [1.807, 2.05) is 6.92 Å². The summed E-state index contributed by atoms with van der Waals surface area (Å²) in [5.74, 6) is -0.180. The zero-order chi connectivity index (χ0) is 60.0. The first-order valence-electron chi connectivity index (χ1n) is 26.9. The molecule has 83 heavy (non-hydrogen) atoms. The Bertz CT molecular complexity index is 2550. The Hall–Kier alpha value is -5.69. The minimum atomic E-state index is -3.70. The van der Waals surface area contributed by atoms with Crippen LogP contribution in [0, 0.1) is 0 Å². The number of nitrogens with one attached hydrogen (secondary N) is 4. The molecule has 4 rings (SSSR count). The zero-order valence-electron chi connectivity index (χ0n) is 47.7. The molecule has 0 bridgehead atoms. The summed E-state index contributed by atoms with van der Waals surface area (Å²) in [6.07, 6.45) is 2.63. The number of hydrazone groups is 1. The third-order valence-corrected chi connectivity index (χ3v) is 13.7. The van der Waals surface area contributed by atoms with Crippen molar-refractivity contribution in [1.82, 2.24) is 31.1 Å². The summed E-state index contributed by atoms with van der Waals surface area (Å²) < 4.78 is 116. The number of sulfone groups is 1. The van der Waals surface area contributed by atoms with Crippen molar-refractivity contribution >= 4 is 66.2 Å². The fraction of sp³-hybridized carbons (Fsp3) is 0.627. The van der Waals surface area contributed by atoms with Crippen molar-refractivity contribution in [2.24, 2.45) is 15.8 Å². The van der Waals surface area contributed by atoms with E-state index in [4.69, 9.17) is 67.4 Å². The third-order valence-electron chi connectivity index (χ3n) is 11.0. The molecule has 0 atom stereocenters. The minimum absolute atomic E-state index is 0.0123. The molecule has 30 nitrogen and oxygen atoms in total. The standard InChI is InChI=1S/C51H82N10O20S2/c1-5-14-60(49(63)42-37-41-6-11-45(83(67,68)59(2)3)39-46(41)55-47(52)38-42)81-16-13-54-51(64)79-36-35-78-34-33-77-32-31-76-30-29-75-28-27-74-26-25-73-24-23-72-22-21-71-20-19-70-18-17-69-15-12-53-48(62)40-80-44-9-7-43(8-10-44)61-50(56-57-58-61)82(4,65)66/h6-11,37,39,57-58H,5,12-36,38,40H2,1-4H3,(H2,52,55)(H,53,62)(H,54,64). The number of fused-ring (bicyclic) bond motifs is 1. The van der Waals surface area contributed by atoms with Gasteiger partial charge >= 0.3 is 6.09 Å². The minimum Gasteiger partial charge on any atom is -0.484 e. The molecule has 2 aliphatic rings. The first-order chi connectivity index (χ1) is 40.1. The summed E-state index contributed by atoms with van der Waals surface area (Å²) in [4.78, 5) is 47.9. The van der Waals surface area contributed by atoms with Gasteiger partial charge in [-0.3, -0.25) is 14.4 Å². The van der Waals surface area contributed by atoms with Gasteiger partial charge in [0, 0.05) is 57.5 Å². The van der Waals surface area contributed by atoms with Crippen molar-refractivity contribution in [2.75, 3.05) is 197 Å². The van der Waals surface area contributed by atoms with E-state index in [1.165, 1.54) is 36.3 Å². The number of carbonyl (C=O) groups is 3. The number of hydrogen-bond donors (Lipinski definition) is 5. The molecule has 3 amide bonds. The topological polar surface area (TPSA) is 348 Å². The third kappa shape index (κ3) is 28.6. The summed E-state index contributed by atoms with van der Waals surface area (Å²) in [6.45, 7) is 10.1. The van der Waals surface area contributed by atoms with Gasteiger partial charge in [0.2, 0.25) is 19.9 Å². The summed E-state index contributed by atoms with van der Waals surface area (Å²) in [5.41, 5.74) is 12.8. The first-order valence-corrected chi connectivity index (χ1v) is 30.2. The highest BCUT2D eigenvalue weighted by molar-refractivity contribution is 8.06. The van der Waals surface area contributed by atoms with E-state index in [2.05, 4.69) is 31.8 Å². The number of amidine groups is 2. The van der Waals surface area contributed by atoms with Crippen LogP contribution in [-0.4, -0.2) is 247 Å². The smallest absolute Gasteiger partial charge is 0.407 e. The van der Waals surface area contributed by atoms with Gasteiger partial charge in [-0.1, -0.05) is 13.0 Å². The van der Waals surface area contributed by atoms with Gasteiger partial charge in [0.15, 0.2) is 6.61 Å². The van der Waals surface area contributed by atoms with E-state index < -0.39 is 31.9 Å². The van der Waals surface area contributed by atoms with E-state index in [0.717, 1.165) is 10.6 Å². The molecule has 468 valence electrons. The summed E-state index contributed by atoms with van der Waals surface area (Å²) in [6, 6.07) is 10.9. The average Bonchev–Trinajstić information content (AvgIpc) is 4.16. The second-order valence-corrected chi connectivity index (χ2v) is 21.8. The summed E-state index contributed by atoms with van der Waals surface area (Å²) in [5, 5.41) is 11.3. The van der Waals surface area contributed by atoms with Crippen LogP contribution in [0.5, 0.6) is 5.75 Å². The van der Waals surface area contributed by atoms with Crippen LogP contribution in [0.15, 0.2) is 63.0 Å². The summed E-state index contributed by atoms with van der Waals surface area (Å²) in [7, 11) is -4.39. The predicted octanol–water partition coefficient (Wildman–Crippen LogP) is 0.115. The van der Waals surface area contributed by atoms with Gasteiger partial charge in [0.1, 0.15) is 18.2 Å². The van der Waals surface area contributed by atoms with Crippen molar-refractivity contribution < 1.29 is 92.9 Å². The van der Waals surface area contributed by atoms with E-state index in [1.54, 1.807) is 36.4 Å². The van der Waals surface area contributed by atoms with E-state index in [-0.39, 0.29) is 67.7 Å². The number of rotatable bonds is 46. The molecule has 0 radical (unpaired) electrons. The average molecular weight is 1220 g/mol. The van der Waals surface area contributed by atoms with E-state index >= 15 is 0 Å². The molecule has 2 aromatic carbocycles. The molecule has 0 spiro atoms. The van der Waals surface area contributed by atoms with Crippen LogP contribution in [-0.2, 0) is 86.4 Å². The van der Waals surface area contributed by atoms with Gasteiger partial charge in [-0.2, -0.15) is 0 Å². The monoisotopic (exact) mass is 1220 g/mol. The number of carbonyl (C=O) groups excluding carboxylic acids is 3. The van der Waals surface area contributed by atoms with Crippen LogP contribution < -0.4 is 37.2 Å². The highest BCUT2D eigenvalue weighted by atomic mass is 32.2. The number of ether oxygens (including phenoxy) is 12. The molecule has 0 fully saturated rings. The Morgan fingerprint density at radius 1 is 0.663 bits per heavy atom. The van der Waals surface area contributed by atoms with Crippen molar-refractivity contribution in [3.8, 4) is 5.75 Å². The predicted molar refractivity (Wildman–Crippen MR) is 303 cm³/mol. The number of amides is 3. The van der Waals surface area contributed by atoms with Crippen LogP contribution in [0.3, 0.4) is 0 Å². The molecule has 32 heteroatoms. The fourth-order valence-electron chi connectivity index (χ4n) is 6.90. The van der Waals surface area contributed by atoms with Crippen molar-refractivity contribution in [3.63, 3.8) is 0 Å².